The second-order valence-electron chi connectivity index (χ2n) is 3.81. The minimum absolute atomic E-state index is 0.0316. The Morgan fingerprint density at radius 2 is 2.27 bits per heavy atom. The van der Waals surface area contributed by atoms with E-state index in [0.717, 1.165) is 0 Å². The molecule has 2 N–H and O–H groups in total. The van der Waals surface area contributed by atoms with Gasteiger partial charge >= 0.3 is 0 Å². The summed E-state index contributed by atoms with van der Waals surface area (Å²) in [6.45, 7) is 2.67. The smallest absolute Gasteiger partial charge is 0.226 e. The zero-order valence-electron chi connectivity index (χ0n) is 8.64. The van der Waals surface area contributed by atoms with Gasteiger partial charge in [-0.2, -0.15) is 5.26 Å². The van der Waals surface area contributed by atoms with Crippen molar-refractivity contribution in [2.24, 2.45) is 17.6 Å². The second-order valence-corrected chi connectivity index (χ2v) is 3.81. The van der Waals surface area contributed by atoms with Gasteiger partial charge in [0.2, 0.25) is 11.8 Å². The molecule has 0 aliphatic carbocycles. The fraction of sp³-hybridized carbons (Fsp3) is 0.600. The van der Waals surface area contributed by atoms with Gasteiger partial charge in [0.15, 0.2) is 0 Å². The van der Waals surface area contributed by atoms with Crippen LogP contribution in [0.3, 0.4) is 0 Å². The molecule has 2 amide bonds. The molecular weight excluding hydrogens is 194 g/mol. The first-order valence-electron chi connectivity index (χ1n) is 4.85. The molecule has 1 aliphatic rings. The molecule has 1 atom stereocenters. The number of carbonyl (C=O) groups is 2. The van der Waals surface area contributed by atoms with Crippen molar-refractivity contribution in [3.05, 3.63) is 6.42 Å². The van der Waals surface area contributed by atoms with E-state index in [1.165, 1.54) is 6.42 Å². The van der Waals surface area contributed by atoms with E-state index in [9.17, 15) is 9.59 Å². The number of carbonyl (C=O) groups excluding carboxylic acids is 2. The third-order valence-electron chi connectivity index (χ3n) is 2.51. The molecule has 15 heavy (non-hydrogen) atoms. The SMILES string of the molecule is C[C@H](C[CH]C(=O)N1CC(C#N)C1)C(N)=O. The number of nitriles is 1. The molecular formula is C10H14N3O2. The van der Waals surface area contributed by atoms with Gasteiger partial charge < -0.3 is 10.6 Å². The summed E-state index contributed by atoms with van der Waals surface area (Å²) in [6, 6.07) is 2.09. The second kappa shape index (κ2) is 4.78. The molecule has 1 fully saturated rings. The Hall–Kier alpha value is -1.57. The van der Waals surface area contributed by atoms with Crippen LogP contribution in [0.4, 0.5) is 0 Å². The van der Waals surface area contributed by atoms with Gasteiger partial charge in [-0.3, -0.25) is 9.59 Å². The molecule has 1 aliphatic heterocycles. The summed E-state index contributed by atoms with van der Waals surface area (Å²) in [4.78, 5) is 23.7. The molecule has 81 valence electrons. The van der Waals surface area contributed by atoms with Crippen LogP contribution < -0.4 is 5.73 Å². The molecule has 1 radical (unpaired) electrons. The fourth-order valence-corrected chi connectivity index (χ4v) is 1.26. The lowest BCUT2D eigenvalue weighted by atomic mass is 9.99. The lowest BCUT2D eigenvalue weighted by Crippen LogP contribution is -2.49. The Morgan fingerprint density at radius 3 is 2.73 bits per heavy atom. The molecule has 0 aromatic carbocycles. The first-order chi connectivity index (χ1) is 7.04. The van der Waals surface area contributed by atoms with Crippen LogP contribution in [0.25, 0.3) is 0 Å². The van der Waals surface area contributed by atoms with Crippen LogP contribution in [-0.4, -0.2) is 29.8 Å². The lowest BCUT2D eigenvalue weighted by molar-refractivity contribution is -0.132. The molecule has 0 saturated carbocycles. The topological polar surface area (TPSA) is 87.2 Å². The van der Waals surface area contributed by atoms with E-state index in [-0.39, 0.29) is 17.7 Å². The van der Waals surface area contributed by atoms with Crippen molar-refractivity contribution in [1.82, 2.24) is 4.90 Å². The van der Waals surface area contributed by atoms with Crippen LogP contribution in [0.2, 0.25) is 0 Å². The zero-order valence-corrected chi connectivity index (χ0v) is 8.64. The van der Waals surface area contributed by atoms with Crippen molar-refractivity contribution in [3.63, 3.8) is 0 Å². The molecule has 0 unspecified atom stereocenters. The van der Waals surface area contributed by atoms with Gasteiger partial charge in [0.1, 0.15) is 0 Å². The van der Waals surface area contributed by atoms with Gasteiger partial charge in [-0.15, -0.1) is 0 Å². The summed E-state index contributed by atoms with van der Waals surface area (Å²) < 4.78 is 0. The number of nitrogens with two attached hydrogens (primary N) is 1. The minimum Gasteiger partial charge on any atom is -0.369 e. The molecule has 0 aromatic rings. The van der Waals surface area contributed by atoms with E-state index in [1.54, 1.807) is 11.8 Å². The van der Waals surface area contributed by atoms with E-state index in [1.807, 2.05) is 0 Å². The van der Waals surface area contributed by atoms with Crippen molar-refractivity contribution in [2.45, 2.75) is 13.3 Å². The van der Waals surface area contributed by atoms with Crippen LogP contribution in [0, 0.1) is 29.6 Å². The summed E-state index contributed by atoms with van der Waals surface area (Å²) in [7, 11) is 0. The maximum atomic E-state index is 11.4. The third kappa shape index (κ3) is 2.94. The number of rotatable bonds is 4. The number of nitrogens with zero attached hydrogens (tertiary/aromatic N) is 2. The highest BCUT2D eigenvalue weighted by atomic mass is 16.2. The molecule has 5 heteroatoms. The maximum Gasteiger partial charge on any atom is 0.226 e. The Bertz CT molecular complexity index is 302. The Labute approximate surface area is 88.8 Å². The molecule has 0 aromatic heterocycles. The zero-order chi connectivity index (χ0) is 11.4. The average molecular weight is 208 g/mol. The Balaban J connectivity index is 2.21. The summed E-state index contributed by atoms with van der Waals surface area (Å²) in [5.74, 6) is -0.870. The van der Waals surface area contributed by atoms with E-state index >= 15 is 0 Å². The Morgan fingerprint density at radius 1 is 1.67 bits per heavy atom. The van der Waals surface area contributed by atoms with Gasteiger partial charge in [-0.25, -0.2) is 0 Å². The highest BCUT2D eigenvalue weighted by Crippen LogP contribution is 2.16. The highest BCUT2D eigenvalue weighted by molar-refractivity contribution is 5.86. The average Bonchev–Trinajstić information content (AvgIpc) is 2.12. The van der Waals surface area contributed by atoms with Gasteiger partial charge in [0.05, 0.1) is 18.4 Å². The predicted octanol–water partition coefficient (Wildman–Crippen LogP) is -0.316. The normalized spacial score (nSPS) is 17.7. The number of likely N-dealkylation sites (tertiary alicyclic amines) is 1. The molecule has 1 heterocycles. The first kappa shape index (κ1) is 11.5. The van der Waals surface area contributed by atoms with Crippen molar-refractivity contribution in [2.75, 3.05) is 13.1 Å². The monoisotopic (exact) mass is 208 g/mol. The first-order valence-corrected chi connectivity index (χ1v) is 4.85. The lowest BCUT2D eigenvalue weighted by Gasteiger charge is -2.35. The van der Waals surface area contributed by atoms with Crippen molar-refractivity contribution in [3.8, 4) is 6.07 Å². The number of hydrogen-bond donors (Lipinski definition) is 1. The van der Waals surface area contributed by atoms with Gasteiger partial charge in [0, 0.05) is 19.0 Å². The highest BCUT2D eigenvalue weighted by Gasteiger charge is 2.30. The van der Waals surface area contributed by atoms with Crippen molar-refractivity contribution < 1.29 is 9.59 Å². The van der Waals surface area contributed by atoms with Gasteiger partial charge in [-0.05, 0) is 6.42 Å². The fourth-order valence-electron chi connectivity index (χ4n) is 1.26. The number of hydrogen-bond acceptors (Lipinski definition) is 3. The molecule has 5 nitrogen and oxygen atoms in total. The van der Waals surface area contributed by atoms with E-state index < -0.39 is 5.91 Å². The molecule has 0 spiro atoms. The largest absolute Gasteiger partial charge is 0.369 e. The quantitative estimate of drug-likeness (QED) is 0.687. The number of primary amides is 1. The summed E-state index contributed by atoms with van der Waals surface area (Å²) in [5, 5.41) is 8.52. The van der Waals surface area contributed by atoms with Crippen LogP contribution in [0.15, 0.2) is 0 Å². The maximum absolute atomic E-state index is 11.4. The van der Waals surface area contributed by atoms with Crippen molar-refractivity contribution in [1.29, 1.82) is 5.26 Å². The van der Waals surface area contributed by atoms with E-state index in [0.29, 0.717) is 19.5 Å². The predicted molar refractivity (Wildman–Crippen MR) is 53.0 cm³/mol. The molecule has 1 rings (SSSR count). The molecule has 1 saturated heterocycles. The van der Waals surface area contributed by atoms with Crippen molar-refractivity contribution >= 4 is 11.8 Å². The van der Waals surface area contributed by atoms with Crippen LogP contribution in [0.5, 0.6) is 0 Å². The van der Waals surface area contributed by atoms with E-state index in [2.05, 4.69) is 6.07 Å². The molecule has 0 bridgehead atoms. The number of amides is 2. The Kier molecular flexibility index (Phi) is 3.67. The third-order valence-corrected chi connectivity index (χ3v) is 2.51. The van der Waals surface area contributed by atoms with Crippen LogP contribution in [-0.2, 0) is 9.59 Å². The standard InChI is InChI=1S/C10H14N3O2/c1-7(10(12)15)2-3-9(14)13-5-8(4-11)6-13/h3,7-8H,2,5-6H2,1H3,(H2,12,15)/t7-/m1/s1. The summed E-state index contributed by atoms with van der Waals surface area (Å²) in [6.07, 6.45) is 1.82. The van der Waals surface area contributed by atoms with Gasteiger partial charge in [-0.1, -0.05) is 6.92 Å². The summed E-state index contributed by atoms with van der Waals surface area (Å²) in [5.41, 5.74) is 5.06. The van der Waals surface area contributed by atoms with Crippen LogP contribution in [0.1, 0.15) is 13.3 Å². The van der Waals surface area contributed by atoms with Gasteiger partial charge in [0.25, 0.3) is 0 Å². The summed E-state index contributed by atoms with van der Waals surface area (Å²) >= 11 is 0. The van der Waals surface area contributed by atoms with Crippen LogP contribution >= 0.6 is 0 Å². The minimum atomic E-state index is -0.405. The van der Waals surface area contributed by atoms with E-state index in [4.69, 9.17) is 11.0 Å².